The molecule has 0 unspecified atom stereocenters. The summed E-state index contributed by atoms with van der Waals surface area (Å²) >= 11 is 0. The van der Waals surface area contributed by atoms with Crippen molar-refractivity contribution < 1.29 is 37.1 Å². The van der Waals surface area contributed by atoms with Gasteiger partial charge >= 0.3 is 0 Å². The van der Waals surface area contributed by atoms with E-state index in [-0.39, 0.29) is 34.2 Å². The summed E-state index contributed by atoms with van der Waals surface area (Å²) in [5.41, 5.74) is 4.27. The van der Waals surface area contributed by atoms with Gasteiger partial charge in [-0.15, -0.1) is 0 Å². The van der Waals surface area contributed by atoms with Crippen molar-refractivity contribution in [1.82, 2.24) is 19.6 Å². The fourth-order valence-electron chi connectivity index (χ4n) is 12.5. The zero-order valence-corrected chi connectivity index (χ0v) is 38.7. The van der Waals surface area contributed by atoms with Crippen molar-refractivity contribution in [3.8, 4) is 11.6 Å². The second kappa shape index (κ2) is 16.9. The van der Waals surface area contributed by atoms with E-state index in [9.17, 15) is 23.3 Å². The fraction of sp³-hybridized carbons (Fsp3) is 0.480. The van der Waals surface area contributed by atoms with Gasteiger partial charge in [0.2, 0.25) is 5.88 Å². The number of anilines is 4. The lowest BCUT2D eigenvalue weighted by Crippen LogP contribution is -2.59. The standard InChI is InChI=1S/C50H56N8O9S/c59-47(54-68(62,63)36-7-9-39(41(26-36)58(60)61)52-29-32-11-21-64-22-12-32)37-8-6-34(25-40(37)57-42-24-33-10-17-51-46(33)53-48(42)67-45-31-65-30-43(45)57)55-19-14-49(15-20-55)27-35(28-49)56-18-3-13-50(56)16-23-66-44-5-2-1-4-38(44)50/h1-2,4-10,17,24-26,32,35,43,45,52H,3,11-16,18-23,27-31H2,(H,51,53)(H,54,59)/t43-,45-,50-/m1/s1. The number of benzene rings is 3. The number of aromatic nitrogens is 2. The van der Waals surface area contributed by atoms with Crippen molar-refractivity contribution >= 4 is 55.4 Å². The lowest BCUT2D eigenvalue weighted by molar-refractivity contribution is -0.384. The number of likely N-dealkylation sites (tertiary alicyclic amines) is 1. The molecule has 7 aliphatic rings. The highest BCUT2D eigenvalue weighted by Gasteiger charge is 2.55. The van der Waals surface area contributed by atoms with E-state index in [1.54, 1.807) is 6.07 Å². The Morgan fingerprint density at radius 1 is 0.912 bits per heavy atom. The van der Waals surface area contributed by atoms with Gasteiger partial charge in [0, 0.05) is 74.2 Å². The Kier molecular flexibility index (Phi) is 10.8. The van der Waals surface area contributed by atoms with E-state index in [2.05, 4.69) is 49.1 Å². The molecule has 12 rings (SSSR count). The molecule has 3 aromatic carbocycles. The van der Waals surface area contributed by atoms with Crippen LogP contribution in [0.1, 0.15) is 73.7 Å². The van der Waals surface area contributed by atoms with Gasteiger partial charge in [-0.05, 0) is 118 Å². The van der Waals surface area contributed by atoms with Gasteiger partial charge in [-0.3, -0.25) is 19.8 Å². The Bertz CT molecular complexity index is 2890. The summed E-state index contributed by atoms with van der Waals surface area (Å²) in [5.74, 6) is 0.805. The van der Waals surface area contributed by atoms with Gasteiger partial charge in [0.25, 0.3) is 21.6 Å². The predicted molar refractivity (Wildman–Crippen MR) is 255 cm³/mol. The molecule has 0 radical (unpaired) electrons. The number of rotatable bonds is 10. The molecule has 356 valence electrons. The third-order valence-electron chi connectivity index (χ3n) is 16.1. The summed E-state index contributed by atoms with van der Waals surface area (Å²) in [5, 5.41) is 16.3. The number of aromatic amines is 1. The molecule has 8 heterocycles. The molecule has 2 aromatic heterocycles. The second-order valence-electron chi connectivity index (χ2n) is 19.8. The summed E-state index contributed by atoms with van der Waals surface area (Å²) in [6.07, 6.45) is 10.9. The average molecular weight is 945 g/mol. The minimum atomic E-state index is -4.59. The topological polar surface area (TPSA) is 194 Å². The maximum absolute atomic E-state index is 14.6. The van der Waals surface area contributed by atoms with Gasteiger partial charge in [0.15, 0.2) is 0 Å². The molecule has 2 spiro atoms. The normalized spacial score (nSPS) is 24.8. The lowest BCUT2D eigenvalue weighted by atomic mass is 9.59. The number of amides is 1. The maximum Gasteiger partial charge on any atom is 0.293 e. The van der Waals surface area contributed by atoms with Gasteiger partial charge in [0.05, 0.1) is 52.5 Å². The van der Waals surface area contributed by atoms with E-state index in [1.165, 1.54) is 43.4 Å². The Balaban J connectivity index is 0.824. The quantitative estimate of drug-likeness (QED) is 0.0936. The summed E-state index contributed by atoms with van der Waals surface area (Å²) < 4.78 is 54.4. The lowest BCUT2D eigenvalue weighted by Gasteiger charge is -2.58. The van der Waals surface area contributed by atoms with Gasteiger partial charge in [-0.1, -0.05) is 18.2 Å². The number of sulfonamides is 1. The van der Waals surface area contributed by atoms with Crippen LogP contribution in [-0.2, 0) is 25.0 Å². The number of piperidine rings is 1. The molecule has 5 fully saturated rings. The number of nitrogens with zero attached hydrogens (tertiary/aromatic N) is 5. The van der Waals surface area contributed by atoms with E-state index in [1.807, 2.05) is 35.4 Å². The highest BCUT2D eigenvalue weighted by Crippen LogP contribution is 2.58. The van der Waals surface area contributed by atoms with Crippen molar-refractivity contribution in [2.45, 2.75) is 86.4 Å². The largest absolute Gasteiger partial charge is 0.493 e. The summed E-state index contributed by atoms with van der Waals surface area (Å²) in [7, 11) is -4.59. The molecule has 5 aromatic rings. The van der Waals surface area contributed by atoms with Gasteiger partial charge in [0.1, 0.15) is 28.9 Å². The zero-order chi connectivity index (χ0) is 46.2. The first kappa shape index (κ1) is 43.3. The summed E-state index contributed by atoms with van der Waals surface area (Å²) in [6.45, 7) is 5.92. The number of carbonyl (C=O) groups is 1. The molecule has 0 bridgehead atoms. The number of fused-ring (bicyclic) bond motifs is 5. The van der Waals surface area contributed by atoms with Crippen LogP contribution in [0, 0.1) is 21.4 Å². The Hall–Kier alpha value is -5.95. The third-order valence-corrected chi connectivity index (χ3v) is 17.4. The van der Waals surface area contributed by atoms with E-state index < -0.39 is 37.5 Å². The Labute approximate surface area is 394 Å². The number of pyridine rings is 1. The van der Waals surface area contributed by atoms with Crippen LogP contribution in [0.3, 0.4) is 0 Å². The monoisotopic (exact) mass is 944 g/mol. The molecular formula is C50H56N8O9S. The van der Waals surface area contributed by atoms with Crippen molar-refractivity contribution in [1.29, 1.82) is 0 Å². The van der Waals surface area contributed by atoms with Crippen molar-refractivity contribution in [3.05, 3.63) is 100 Å². The minimum Gasteiger partial charge on any atom is -0.493 e. The third kappa shape index (κ3) is 7.50. The number of ether oxygens (including phenoxy) is 4. The first-order chi connectivity index (χ1) is 33.1. The highest BCUT2D eigenvalue weighted by atomic mass is 32.2. The smallest absolute Gasteiger partial charge is 0.293 e. The summed E-state index contributed by atoms with van der Waals surface area (Å²) in [6, 6.07) is 21.9. The van der Waals surface area contributed by atoms with Crippen LogP contribution in [0.4, 0.5) is 28.4 Å². The van der Waals surface area contributed by atoms with Gasteiger partial charge in [-0.2, -0.15) is 4.98 Å². The maximum atomic E-state index is 14.6. The molecule has 3 atom stereocenters. The molecule has 17 nitrogen and oxygen atoms in total. The first-order valence-electron chi connectivity index (χ1n) is 24.1. The zero-order valence-electron chi connectivity index (χ0n) is 37.9. The number of carbonyl (C=O) groups excluding carboxylic acids is 1. The molecule has 6 aliphatic heterocycles. The molecule has 68 heavy (non-hydrogen) atoms. The molecule has 18 heteroatoms. The minimum absolute atomic E-state index is 0.0557. The average Bonchev–Trinajstić information content (AvgIpc) is 4.12. The van der Waals surface area contributed by atoms with Crippen LogP contribution in [0.5, 0.6) is 11.6 Å². The number of nitro benzene ring substituents is 1. The number of nitrogens with one attached hydrogen (secondary N) is 3. The van der Waals surface area contributed by atoms with Crippen LogP contribution >= 0.6 is 0 Å². The number of H-pyrrole nitrogens is 1. The predicted octanol–water partition coefficient (Wildman–Crippen LogP) is 7.25. The van der Waals surface area contributed by atoms with E-state index in [0.29, 0.717) is 61.9 Å². The van der Waals surface area contributed by atoms with Crippen molar-refractivity contribution in [3.63, 3.8) is 0 Å². The Morgan fingerprint density at radius 3 is 2.59 bits per heavy atom. The van der Waals surface area contributed by atoms with E-state index >= 15 is 0 Å². The Morgan fingerprint density at radius 2 is 1.75 bits per heavy atom. The number of para-hydroxylation sites is 1. The molecule has 1 aliphatic carbocycles. The SMILES string of the molecule is O=C(NS(=O)(=O)c1ccc(NCC2CCOCC2)c([N+](=O)[O-])c1)c1ccc(N2CCC3(CC2)CC(N2CCC[C@]24CCOc2ccccc24)C3)cc1N1c2cc3cc[nH]c3nc2O[C@@H]2COC[C@H]21. The van der Waals surface area contributed by atoms with Gasteiger partial charge in [-0.25, -0.2) is 13.1 Å². The van der Waals surface area contributed by atoms with Crippen LogP contribution < -0.4 is 29.3 Å². The van der Waals surface area contributed by atoms with E-state index in [0.717, 1.165) is 81.2 Å². The van der Waals surface area contributed by atoms with Crippen LogP contribution in [0.15, 0.2) is 83.9 Å². The number of nitro groups is 1. The fourth-order valence-corrected chi connectivity index (χ4v) is 13.5. The van der Waals surface area contributed by atoms with Crippen LogP contribution in [-0.4, -0.2) is 112 Å². The molecule has 1 amide bonds. The van der Waals surface area contributed by atoms with Crippen LogP contribution in [0.25, 0.3) is 11.0 Å². The first-order valence-corrected chi connectivity index (χ1v) is 25.6. The van der Waals surface area contributed by atoms with Crippen molar-refractivity contribution in [2.75, 3.05) is 74.3 Å². The van der Waals surface area contributed by atoms with E-state index in [4.69, 9.17) is 23.9 Å². The highest BCUT2D eigenvalue weighted by molar-refractivity contribution is 7.90. The van der Waals surface area contributed by atoms with Gasteiger partial charge < -0.3 is 39.0 Å². The van der Waals surface area contributed by atoms with Crippen LogP contribution in [0.2, 0.25) is 0 Å². The van der Waals surface area contributed by atoms with Crippen molar-refractivity contribution in [2.24, 2.45) is 11.3 Å². The molecule has 1 saturated carbocycles. The second-order valence-corrected chi connectivity index (χ2v) is 21.5. The molecule has 3 N–H and O–H groups in total. The summed E-state index contributed by atoms with van der Waals surface area (Å²) in [4.78, 5) is 41.0. The number of hydrogen-bond donors (Lipinski definition) is 3. The molecular weight excluding hydrogens is 889 g/mol. The molecule has 4 saturated heterocycles. The number of hydrogen-bond acceptors (Lipinski definition) is 14.